The van der Waals surface area contributed by atoms with Crippen molar-refractivity contribution < 1.29 is 0 Å². The molecule has 1 aliphatic heterocycles. The summed E-state index contributed by atoms with van der Waals surface area (Å²) in [6.45, 7) is 6.37. The lowest BCUT2D eigenvalue weighted by atomic mass is 10.00. The molecule has 0 bridgehead atoms. The highest BCUT2D eigenvalue weighted by Crippen LogP contribution is 2.18. The third-order valence-electron chi connectivity index (χ3n) is 2.09. The molecule has 0 fully saturated rings. The van der Waals surface area contributed by atoms with E-state index in [4.69, 9.17) is 0 Å². The van der Waals surface area contributed by atoms with Gasteiger partial charge in [0.2, 0.25) is 0 Å². The maximum atomic E-state index is 4.47. The minimum atomic E-state index is 0.0221. The molecule has 0 spiro atoms. The third-order valence-corrected chi connectivity index (χ3v) is 2.09. The Morgan fingerprint density at radius 1 is 1.55 bits per heavy atom. The van der Waals surface area contributed by atoms with E-state index >= 15 is 0 Å². The largest absolute Gasteiger partial charge is 0.282 e. The zero-order valence-corrected chi connectivity index (χ0v) is 7.46. The van der Waals surface area contributed by atoms with Crippen molar-refractivity contribution in [3.05, 3.63) is 23.8 Å². The smallest absolute Gasteiger partial charge is 0.0760 e. The molecule has 0 N–H and O–H groups in total. The van der Waals surface area contributed by atoms with E-state index in [1.807, 2.05) is 6.21 Å². The first kappa shape index (κ1) is 8.25. The van der Waals surface area contributed by atoms with Gasteiger partial charge in [-0.05, 0) is 25.8 Å². The van der Waals surface area contributed by atoms with Crippen LogP contribution in [-0.4, -0.2) is 11.8 Å². The van der Waals surface area contributed by atoms with Crippen molar-refractivity contribution in [1.29, 1.82) is 0 Å². The van der Waals surface area contributed by atoms with Crippen molar-refractivity contribution in [3.8, 4) is 0 Å². The average molecular weight is 149 g/mol. The van der Waals surface area contributed by atoms with Gasteiger partial charge in [-0.2, -0.15) is 0 Å². The fourth-order valence-electron chi connectivity index (χ4n) is 0.952. The molecular weight excluding hydrogens is 134 g/mol. The molecule has 1 unspecified atom stereocenters. The summed E-state index contributed by atoms with van der Waals surface area (Å²) in [6, 6.07) is 0. The SMILES string of the molecule is CCC1(C)C=CC=C(C)C=N1. The molecule has 0 aromatic carbocycles. The summed E-state index contributed by atoms with van der Waals surface area (Å²) in [5.41, 5.74) is 1.24. The Morgan fingerprint density at radius 2 is 2.27 bits per heavy atom. The van der Waals surface area contributed by atoms with Gasteiger partial charge >= 0.3 is 0 Å². The van der Waals surface area contributed by atoms with Gasteiger partial charge in [0.15, 0.2) is 0 Å². The first-order chi connectivity index (χ1) is 5.16. The van der Waals surface area contributed by atoms with E-state index in [0.717, 1.165) is 6.42 Å². The number of hydrogen-bond acceptors (Lipinski definition) is 1. The summed E-state index contributed by atoms with van der Waals surface area (Å²) in [5.74, 6) is 0. The van der Waals surface area contributed by atoms with Crippen molar-refractivity contribution in [2.75, 3.05) is 0 Å². The van der Waals surface area contributed by atoms with E-state index in [9.17, 15) is 0 Å². The predicted octanol–water partition coefficient (Wildman–Crippen LogP) is 2.74. The van der Waals surface area contributed by atoms with Crippen LogP contribution in [0, 0.1) is 0 Å². The standard InChI is InChI=1S/C10H15N/c1-4-10(3)7-5-6-9(2)8-11-10/h5-8H,4H2,1-3H3. The number of rotatable bonds is 1. The van der Waals surface area contributed by atoms with Crippen LogP contribution in [0.4, 0.5) is 0 Å². The molecule has 1 aliphatic rings. The second-order valence-corrected chi connectivity index (χ2v) is 3.24. The van der Waals surface area contributed by atoms with E-state index in [2.05, 4.69) is 44.0 Å². The number of hydrogen-bond donors (Lipinski definition) is 0. The lowest BCUT2D eigenvalue weighted by Gasteiger charge is -2.17. The molecule has 0 saturated carbocycles. The molecule has 1 nitrogen and oxygen atoms in total. The van der Waals surface area contributed by atoms with Crippen LogP contribution >= 0.6 is 0 Å². The van der Waals surface area contributed by atoms with E-state index in [1.165, 1.54) is 5.57 Å². The van der Waals surface area contributed by atoms with Gasteiger partial charge in [-0.15, -0.1) is 0 Å². The normalized spacial score (nSPS) is 29.9. The molecule has 0 aromatic heterocycles. The van der Waals surface area contributed by atoms with Crippen LogP contribution in [0.5, 0.6) is 0 Å². The number of aliphatic imine (C=N–C) groups is 1. The maximum absolute atomic E-state index is 4.47. The monoisotopic (exact) mass is 149 g/mol. The first-order valence-electron chi connectivity index (χ1n) is 4.08. The summed E-state index contributed by atoms with van der Waals surface area (Å²) in [4.78, 5) is 4.47. The third kappa shape index (κ3) is 2.04. The van der Waals surface area contributed by atoms with Gasteiger partial charge in [0.1, 0.15) is 0 Å². The summed E-state index contributed by atoms with van der Waals surface area (Å²) in [7, 11) is 0. The zero-order chi connectivity index (χ0) is 8.32. The first-order valence-corrected chi connectivity index (χ1v) is 4.08. The fourth-order valence-corrected chi connectivity index (χ4v) is 0.952. The molecule has 1 heterocycles. The Labute approximate surface area is 68.5 Å². The number of nitrogens with zero attached hydrogens (tertiary/aromatic N) is 1. The van der Waals surface area contributed by atoms with Gasteiger partial charge in [0.25, 0.3) is 0 Å². The Morgan fingerprint density at radius 3 is 2.91 bits per heavy atom. The summed E-state index contributed by atoms with van der Waals surface area (Å²) in [6.07, 6.45) is 9.33. The molecule has 0 amide bonds. The van der Waals surface area contributed by atoms with Crippen LogP contribution in [0.15, 0.2) is 28.8 Å². The van der Waals surface area contributed by atoms with Gasteiger partial charge in [-0.25, -0.2) is 0 Å². The van der Waals surface area contributed by atoms with Crippen molar-refractivity contribution >= 4 is 6.21 Å². The van der Waals surface area contributed by atoms with Crippen LogP contribution in [0.3, 0.4) is 0 Å². The summed E-state index contributed by atoms with van der Waals surface area (Å²) in [5, 5.41) is 0. The topological polar surface area (TPSA) is 12.4 Å². The van der Waals surface area contributed by atoms with Gasteiger partial charge in [0.05, 0.1) is 5.54 Å². The Kier molecular flexibility index (Phi) is 2.28. The molecule has 0 aliphatic carbocycles. The predicted molar refractivity (Wildman–Crippen MR) is 50.1 cm³/mol. The van der Waals surface area contributed by atoms with E-state index in [-0.39, 0.29) is 5.54 Å². The molecule has 1 atom stereocenters. The van der Waals surface area contributed by atoms with Crippen molar-refractivity contribution in [1.82, 2.24) is 0 Å². The molecule has 60 valence electrons. The highest BCUT2D eigenvalue weighted by atomic mass is 14.8. The molecule has 0 aromatic rings. The van der Waals surface area contributed by atoms with E-state index in [0.29, 0.717) is 0 Å². The van der Waals surface area contributed by atoms with Crippen LogP contribution in [0.1, 0.15) is 27.2 Å². The second-order valence-electron chi connectivity index (χ2n) is 3.24. The molecular formula is C10H15N. The second kappa shape index (κ2) is 3.04. The van der Waals surface area contributed by atoms with Crippen molar-refractivity contribution in [3.63, 3.8) is 0 Å². The van der Waals surface area contributed by atoms with E-state index in [1.54, 1.807) is 0 Å². The quantitative estimate of drug-likeness (QED) is 0.543. The Hall–Kier alpha value is -0.850. The minimum Gasteiger partial charge on any atom is -0.282 e. The minimum absolute atomic E-state index is 0.0221. The zero-order valence-electron chi connectivity index (χ0n) is 7.46. The Bertz CT molecular complexity index is 223. The summed E-state index contributed by atoms with van der Waals surface area (Å²) < 4.78 is 0. The Balaban J connectivity index is 2.86. The fraction of sp³-hybridized carbons (Fsp3) is 0.500. The lowest BCUT2D eigenvalue weighted by Crippen LogP contribution is -2.16. The van der Waals surface area contributed by atoms with E-state index < -0.39 is 0 Å². The van der Waals surface area contributed by atoms with Crippen LogP contribution in [0.25, 0.3) is 0 Å². The van der Waals surface area contributed by atoms with Gasteiger partial charge in [0, 0.05) is 6.21 Å². The maximum Gasteiger partial charge on any atom is 0.0760 e. The van der Waals surface area contributed by atoms with Gasteiger partial charge in [-0.3, -0.25) is 4.99 Å². The van der Waals surface area contributed by atoms with Crippen LogP contribution < -0.4 is 0 Å². The van der Waals surface area contributed by atoms with Gasteiger partial charge < -0.3 is 0 Å². The molecule has 1 heteroatoms. The molecule has 11 heavy (non-hydrogen) atoms. The van der Waals surface area contributed by atoms with Gasteiger partial charge in [-0.1, -0.05) is 25.2 Å². The molecule has 1 rings (SSSR count). The van der Waals surface area contributed by atoms with Crippen molar-refractivity contribution in [2.24, 2.45) is 4.99 Å². The highest BCUT2D eigenvalue weighted by molar-refractivity contribution is 5.79. The molecule has 0 saturated heterocycles. The average Bonchev–Trinajstić information content (AvgIpc) is 2.15. The highest BCUT2D eigenvalue weighted by Gasteiger charge is 2.15. The van der Waals surface area contributed by atoms with Crippen LogP contribution in [0.2, 0.25) is 0 Å². The number of allylic oxidation sites excluding steroid dienone is 3. The van der Waals surface area contributed by atoms with Crippen LogP contribution in [-0.2, 0) is 0 Å². The molecule has 0 radical (unpaired) electrons. The van der Waals surface area contributed by atoms with Crippen molar-refractivity contribution in [2.45, 2.75) is 32.7 Å². The summed E-state index contributed by atoms with van der Waals surface area (Å²) >= 11 is 0. The lowest BCUT2D eigenvalue weighted by molar-refractivity contribution is 0.571.